The number of thioether (sulfide) groups is 1. The number of nitrogens with zero attached hydrogens (tertiary/aromatic N) is 1. The number of ether oxygens (including phenoxy) is 1. The van der Waals surface area contributed by atoms with E-state index in [2.05, 4.69) is 5.43 Å². The first kappa shape index (κ1) is 26.7. The van der Waals surface area contributed by atoms with E-state index in [4.69, 9.17) is 33.0 Å². The summed E-state index contributed by atoms with van der Waals surface area (Å²) in [5, 5.41) is 1.30. The maximum Gasteiger partial charge on any atom is 0.338 e. The van der Waals surface area contributed by atoms with Gasteiger partial charge in [-0.2, -0.15) is 5.01 Å². The van der Waals surface area contributed by atoms with Crippen LogP contribution in [0.5, 0.6) is 0 Å². The van der Waals surface area contributed by atoms with E-state index < -0.39 is 11.8 Å². The van der Waals surface area contributed by atoms with Gasteiger partial charge < -0.3 is 9.15 Å². The van der Waals surface area contributed by atoms with Gasteiger partial charge in [0.25, 0.3) is 11.8 Å². The summed E-state index contributed by atoms with van der Waals surface area (Å²) >= 11 is 12.5. The Bertz CT molecular complexity index is 1400. The molecular formula is C27H23ClN2O5S2. The van der Waals surface area contributed by atoms with Crippen molar-refractivity contribution in [2.75, 3.05) is 6.61 Å². The molecule has 1 saturated heterocycles. The summed E-state index contributed by atoms with van der Waals surface area (Å²) in [5.41, 5.74) is 4.90. The number of benzene rings is 2. The molecule has 4 rings (SSSR count). The van der Waals surface area contributed by atoms with E-state index in [9.17, 15) is 14.4 Å². The van der Waals surface area contributed by atoms with Gasteiger partial charge in [0.1, 0.15) is 11.5 Å². The maximum absolute atomic E-state index is 12.9. The molecule has 37 heavy (non-hydrogen) atoms. The second-order valence-corrected chi connectivity index (χ2v) is 10.3. The first-order valence-electron chi connectivity index (χ1n) is 11.5. The molecule has 0 spiro atoms. The van der Waals surface area contributed by atoms with Crippen LogP contribution >= 0.6 is 35.6 Å². The molecule has 0 radical (unpaired) electrons. The van der Waals surface area contributed by atoms with Gasteiger partial charge in [0, 0.05) is 11.6 Å². The van der Waals surface area contributed by atoms with E-state index >= 15 is 0 Å². The van der Waals surface area contributed by atoms with E-state index in [0.29, 0.717) is 28.6 Å². The molecule has 0 saturated carbocycles. The summed E-state index contributed by atoms with van der Waals surface area (Å²) in [6.45, 7) is 4.29. The zero-order chi connectivity index (χ0) is 26.5. The molecule has 7 nitrogen and oxygen atoms in total. The summed E-state index contributed by atoms with van der Waals surface area (Å²) in [7, 11) is 0. The SMILES string of the molecule is CCCCOC(=O)c1ccc(-c2ccc(/C=C3/SC(=S)N(NC(=O)c4ccc(C)cc4Cl)C3=O)o2)cc1. The fraction of sp³-hybridized carbons (Fsp3) is 0.185. The minimum atomic E-state index is -0.541. The monoisotopic (exact) mass is 554 g/mol. The molecule has 190 valence electrons. The number of hydrogen-bond donors (Lipinski definition) is 1. The van der Waals surface area contributed by atoms with Crippen LogP contribution in [0.2, 0.25) is 5.02 Å². The van der Waals surface area contributed by atoms with Gasteiger partial charge in [-0.25, -0.2) is 4.79 Å². The van der Waals surface area contributed by atoms with Gasteiger partial charge in [0.2, 0.25) is 0 Å². The molecule has 3 aromatic rings. The standard InChI is InChI=1S/C27H23ClN2O5S2/c1-3-4-13-34-26(33)18-8-6-17(7-9-18)22-12-10-19(35-22)15-23-25(32)30(27(36)37-23)29-24(31)20-11-5-16(2)14-21(20)28/h5-12,14-15H,3-4,13H2,1-2H3,(H,29,31)/b23-15+. The molecule has 1 N–H and O–H groups in total. The van der Waals surface area contributed by atoms with Crippen LogP contribution in [0.3, 0.4) is 0 Å². The van der Waals surface area contributed by atoms with Gasteiger partial charge in [0.05, 0.1) is 27.7 Å². The number of unbranched alkanes of at least 4 members (excludes halogenated alkanes) is 1. The van der Waals surface area contributed by atoms with Crippen LogP contribution in [-0.4, -0.2) is 33.7 Å². The number of hydrazine groups is 1. The number of thiocarbonyl (C=S) groups is 1. The molecule has 1 aromatic heterocycles. The van der Waals surface area contributed by atoms with Crippen LogP contribution in [0.4, 0.5) is 0 Å². The molecule has 1 fully saturated rings. The zero-order valence-corrected chi connectivity index (χ0v) is 22.5. The highest BCUT2D eigenvalue weighted by Gasteiger charge is 2.34. The van der Waals surface area contributed by atoms with Crippen molar-refractivity contribution in [3.8, 4) is 11.3 Å². The van der Waals surface area contributed by atoms with Crippen LogP contribution in [0.25, 0.3) is 17.4 Å². The number of amides is 2. The van der Waals surface area contributed by atoms with Gasteiger partial charge in [-0.3, -0.25) is 15.0 Å². The van der Waals surface area contributed by atoms with Crippen molar-refractivity contribution < 1.29 is 23.5 Å². The van der Waals surface area contributed by atoms with E-state index in [1.807, 2.05) is 13.8 Å². The number of nitrogens with one attached hydrogen (secondary N) is 1. The first-order chi connectivity index (χ1) is 17.8. The molecule has 0 bridgehead atoms. The number of carbonyl (C=O) groups excluding carboxylic acids is 3. The van der Waals surface area contributed by atoms with Crippen molar-refractivity contribution in [3.05, 3.63) is 87.0 Å². The highest BCUT2D eigenvalue weighted by Crippen LogP contribution is 2.33. The second-order valence-electron chi connectivity index (χ2n) is 8.21. The molecule has 0 atom stereocenters. The Balaban J connectivity index is 1.43. The van der Waals surface area contributed by atoms with E-state index in [1.54, 1.807) is 60.7 Å². The van der Waals surface area contributed by atoms with Gasteiger partial charge in [0.15, 0.2) is 4.32 Å². The predicted octanol–water partition coefficient (Wildman–Crippen LogP) is 6.41. The fourth-order valence-corrected chi connectivity index (χ4v) is 4.89. The van der Waals surface area contributed by atoms with Crippen molar-refractivity contribution in [3.63, 3.8) is 0 Å². The third-order valence-corrected chi connectivity index (χ3v) is 7.03. The summed E-state index contributed by atoms with van der Waals surface area (Å²) in [6.07, 6.45) is 3.34. The second kappa shape index (κ2) is 11.8. The number of aryl methyl sites for hydroxylation is 1. The van der Waals surface area contributed by atoms with Crippen molar-refractivity contribution >= 4 is 63.8 Å². The number of esters is 1. The summed E-state index contributed by atoms with van der Waals surface area (Å²) in [4.78, 5) is 38.0. The molecule has 2 aromatic carbocycles. The number of furan rings is 1. The zero-order valence-electron chi connectivity index (χ0n) is 20.1. The van der Waals surface area contributed by atoms with Gasteiger partial charge >= 0.3 is 5.97 Å². The van der Waals surface area contributed by atoms with Gasteiger partial charge in [-0.15, -0.1) is 0 Å². The van der Waals surface area contributed by atoms with E-state index in [-0.39, 0.29) is 20.9 Å². The third-order valence-electron chi connectivity index (χ3n) is 5.41. The fourth-order valence-electron chi connectivity index (χ4n) is 3.41. The van der Waals surface area contributed by atoms with Crippen LogP contribution in [-0.2, 0) is 9.53 Å². The van der Waals surface area contributed by atoms with Crippen molar-refractivity contribution in [2.24, 2.45) is 0 Å². The van der Waals surface area contributed by atoms with Gasteiger partial charge in [-0.05, 0) is 67.5 Å². The van der Waals surface area contributed by atoms with E-state index in [1.165, 1.54) is 0 Å². The predicted molar refractivity (Wildman–Crippen MR) is 148 cm³/mol. The molecular weight excluding hydrogens is 532 g/mol. The van der Waals surface area contributed by atoms with Crippen LogP contribution < -0.4 is 5.43 Å². The largest absolute Gasteiger partial charge is 0.462 e. The Labute approximate surface area is 228 Å². The third kappa shape index (κ3) is 6.30. The molecule has 1 aliphatic heterocycles. The Morgan fingerprint density at radius 2 is 1.92 bits per heavy atom. The first-order valence-corrected chi connectivity index (χ1v) is 13.1. The number of halogens is 1. The summed E-state index contributed by atoms with van der Waals surface area (Å²) < 4.78 is 11.3. The lowest BCUT2D eigenvalue weighted by Crippen LogP contribution is -2.44. The van der Waals surface area contributed by atoms with Gasteiger partial charge in [-0.1, -0.05) is 54.9 Å². The number of rotatable bonds is 8. The molecule has 1 aliphatic rings. The molecule has 0 aliphatic carbocycles. The van der Waals surface area contributed by atoms with Crippen molar-refractivity contribution in [1.29, 1.82) is 0 Å². The Hall–Kier alpha value is -3.40. The highest BCUT2D eigenvalue weighted by molar-refractivity contribution is 8.26. The topological polar surface area (TPSA) is 88.9 Å². The molecule has 2 heterocycles. The Kier molecular flexibility index (Phi) is 8.48. The van der Waals surface area contributed by atoms with Crippen LogP contribution in [0, 0.1) is 6.92 Å². The summed E-state index contributed by atoms with van der Waals surface area (Å²) in [6, 6.07) is 15.4. The molecule has 0 unspecified atom stereocenters. The van der Waals surface area contributed by atoms with Crippen molar-refractivity contribution in [2.45, 2.75) is 26.7 Å². The number of hydrogen-bond acceptors (Lipinski definition) is 7. The highest BCUT2D eigenvalue weighted by atomic mass is 35.5. The van der Waals surface area contributed by atoms with E-state index in [0.717, 1.165) is 40.7 Å². The molecule has 2 amide bonds. The Morgan fingerprint density at radius 1 is 1.16 bits per heavy atom. The number of carbonyl (C=O) groups is 3. The maximum atomic E-state index is 12.9. The Morgan fingerprint density at radius 3 is 2.62 bits per heavy atom. The minimum Gasteiger partial charge on any atom is -0.462 e. The normalized spacial score (nSPS) is 14.4. The lowest BCUT2D eigenvalue weighted by molar-refractivity contribution is -0.123. The summed E-state index contributed by atoms with van der Waals surface area (Å²) in [5.74, 6) is -0.378. The van der Waals surface area contributed by atoms with Crippen LogP contribution in [0.15, 0.2) is 63.9 Å². The van der Waals surface area contributed by atoms with Crippen LogP contribution in [0.1, 0.15) is 51.8 Å². The minimum absolute atomic E-state index is 0.182. The quantitative estimate of drug-likeness (QED) is 0.149. The average molecular weight is 555 g/mol. The molecule has 10 heteroatoms. The average Bonchev–Trinajstić information content (AvgIpc) is 3.44. The lowest BCUT2D eigenvalue weighted by Gasteiger charge is -2.16. The lowest BCUT2D eigenvalue weighted by atomic mass is 10.1. The van der Waals surface area contributed by atoms with Crippen molar-refractivity contribution in [1.82, 2.24) is 10.4 Å². The smallest absolute Gasteiger partial charge is 0.338 e.